The molecule has 144 valence electrons. The van der Waals surface area contributed by atoms with Crippen LogP contribution in [0.1, 0.15) is 64.4 Å². The molecule has 5 nitrogen and oxygen atoms in total. The van der Waals surface area contributed by atoms with Gasteiger partial charge in [0, 0.05) is 19.0 Å². The molecule has 0 unspecified atom stereocenters. The lowest BCUT2D eigenvalue weighted by molar-refractivity contribution is -0.129. The number of rotatable bonds is 5. The minimum absolute atomic E-state index is 0.0364. The summed E-state index contributed by atoms with van der Waals surface area (Å²) in [5, 5.41) is 7.09. The highest BCUT2D eigenvalue weighted by molar-refractivity contribution is 6.00. The largest absolute Gasteiger partial charge is 0.326 e. The average Bonchev–Trinajstić information content (AvgIpc) is 2.57. The van der Waals surface area contributed by atoms with Crippen molar-refractivity contribution in [3.8, 4) is 0 Å². The van der Waals surface area contributed by atoms with E-state index in [9.17, 15) is 9.59 Å². The number of hydrogen-bond acceptors (Lipinski definition) is 3. The molecule has 0 aromatic heterocycles. The summed E-state index contributed by atoms with van der Waals surface area (Å²) >= 11 is 0. The van der Waals surface area contributed by atoms with E-state index in [1.165, 1.54) is 45.4 Å². The van der Waals surface area contributed by atoms with E-state index in [1.807, 2.05) is 31.2 Å². The first-order valence-corrected chi connectivity index (χ1v) is 10.1. The number of amides is 2. The zero-order valence-corrected chi connectivity index (χ0v) is 16.3. The van der Waals surface area contributed by atoms with Crippen molar-refractivity contribution in [2.24, 2.45) is 28.3 Å². The predicted octanol–water partition coefficient (Wildman–Crippen LogP) is 4.09. The Morgan fingerprint density at radius 3 is 2.30 bits per heavy atom. The van der Waals surface area contributed by atoms with Crippen LogP contribution in [0.4, 0.5) is 5.69 Å². The fourth-order valence-corrected chi connectivity index (χ4v) is 6.12. The first-order valence-electron chi connectivity index (χ1n) is 10.1. The van der Waals surface area contributed by atoms with Gasteiger partial charge in [-0.3, -0.25) is 9.59 Å². The summed E-state index contributed by atoms with van der Waals surface area (Å²) < 4.78 is 0. The number of carbonyl (C=O) groups excluding carboxylic acids is 2. The van der Waals surface area contributed by atoms with E-state index in [0.29, 0.717) is 6.42 Å². The van der Waals surface area contributed by atoms with Gasteiger partial charge in [-0.15, -0.1) is 0 Å². The zero-order chi connectivity index (χ0) is 19.0. The molecule has 0 aliphatic heterocycles. The van der Waals surface area contributed by atoms with Crippen molar-refractivity contribution in [2.75, 3.05) is 5.32 Å². The molecule has 4 saturated carbocycles. The molecule has 0 spiro atoms. The van der Waals surface area contributed by atoms with Crippen LogP contribution in [0, 0.1) is 23.2 Å². The highest BCUT2D eigenvalue weighted by Crippen LogP contribution is 2.61. The highest BCUT2D eigenvalue weighted by Gasteiger charge is 2.51. The van der Waals surface area contributed by atoms with Crippen LogP contribution in [0.25, 0.3) is 0 Å². The van der Waals surface area contributed by atoms with Crippen LogP contribution < -0.4 is 10.7 Å². The molecule has 0 atom stereocenters. The van der Waals surface area contributed by atoms with Crippen molar-refractivity contribution in [3.63, 3.8) is 0 Å². The Bertz CT molecular complexity index is 748. The van der Waals surface area contributed by atoms with E-state index in [4.69, 9.17) is 0 Å². The fraction of sp³-hybridized carbons (Fsp3) is 0.591. The first-order chi connectivity index (χ1) is 12.9. The van der Waals surface area contributed by atoms with Gasteiger partial charge >= 0.3 is 0 Å². The number of anilines is 1. The molecule has 2 N–H and O–H groups in total. The summed E-state index contributed by atoms with van der Waals surface area (Å²) in [7, 11) is 0. The fourth-order valence-electron chi connectivity index (χ4n) is 6.12. The van der Waals surface area contributed by atoms with Crippen LogP contribution in [-0.4, -0.2) is 17.5 Å². The Morgan fingerprint density at radius 1 is 1.07 bits per heavy atom. The lowest BCUT2D eigenvalue weighted by atomic mass is 9.49. The molecule has 2 amide bonds. The third-order valence-corrected chi connectivity index (χ3v) is 6.65. The van der Waals surface area contributed by atoms with E-state index in [-0.39, 0.29) is 17.2 Å². The minimum atomic E-state index is -0.106. The monoisotopic (exact) mass is 367 g/mol. The smallest absolute Gasteiger partial charge is 0.240 e. The standard InChI is InChI=1S/C22H29N3O2/c1-14(19-4-3-5-20(9-19)23-15(2)26)24-25-21(27)13-22-10-16-6-17(11-22)8-18(7-16)12-22/h3-5,9,16-18H,6-8,10-13H2,1-2H3,(H,23,26)(H,25,27)/b24-14+. The van der Waals surface area contributed by atoms with Crippen LogP contribution in [0.5, 0.6) is 0 Å². The van der Waals surface area contributed by atoms with Crippen LogP contribution in [0.15, 0.2) is 29.4 Å². The Morgan fingerprint density at radius 2 is 1.70 bits per heavy atom. The van der Waals surface area contributed by atoms with Gasteiger partial charge in [-0.05, 0) is 86.3 Å². The number of nitrogens with zero attached hydrogens (tertiary/aromatic N) is 1. The molecule has 4 fully saturated rings. The van der Waals surface area contributed by atoms with Crippen molar-refractivity contribution in [3.05, 3.63) is 29.8 Å². The summed E-state index contributed by atoms with van der Waals surface area (Å²) in [5.74, 6) is 2.49. The van der Waals surface area contributed by atoms with E-state index in [1.54, 1.807) is 0 Å². The summed E-state index contributed by atoms with van der Waals surface area (Å²) in [6.45, 7) is 3.36. The Balaban J connectivity index is 1.38. The average molecular weight is 367 g/mol. The predicted molar refractivity (Wildman–Crippen MR) is 106 cm³/mol. The Kier molecular flexibility index (Phi) is 4.79. The number of carbonyl (C=O) groups is 2. The van der Waals surface area contributed by atoms with Crippen LogP contribution in [-0.2, 0) is 9.59 Å². The molecule has 1 aromatic rings. The Hall–Kier alpha value is -2.17. The Labute approximate surface area is 161 Å². The number of hydrazone groups is 1. The van der Waals surface area contributed by atoms with Gasteiger partial charge in [0.2, 0.25) is 11.8 Å². The third kappa shape index (κ3) is 4.07. The van der Waals surface area contributed by atoms with Gasteiger partial charge in [-0.1, -0.05) is 12.1 Å². The molecule has 4 bridgehead atoms. The zero-order valence-electron chi connectivity index (χ0n) is 16.3. The summed E-state index contributed by atoms with van der Waals surface area (Å²) in [5.41, 5.74) is 5.36. The van der Waals surface area contributed by atoms with Crippen molar-refractivity contribution in [1.82, 2.24) is 5.43 Å². The number of benzene rings is 1. The van der Waals surface area contributed by atoms with Gasteiger partial charge < -0.3 is 5.32 Å². The van der Waals surface area contributed by atoms with E-state index in [0.717, 1.165) is 34.7 Å². The SMILES string of the molecule is CC(=O)Nc1cccc(/C(C)=N/NC(=O)CC23CC4CC(CC(C4)C2)C3)c1. The molecule has 0 heterocycles. The number of hydrogen-bond donors (Lipinski definition) is 2. The van der Waals surface area contributed by atoms with Gasteiger partial charge in [0.05, 0.1) is 5.71 Å². The second kappa shape index (κ2) is 7.10. The molecule has 4 aliphatic rings. The molecule has 27 heavy (non-hydrogen) atoms. The van der Waals surface area contributed by atoms with E-state index in [2.05, 4.69) is 15.8 Å². The second-order valence-electron chi connectivity index (χ2n) is 9.09. The van der Waals surface area contributed by atoms with E-state index < -0.39 is 0 Å². The summed E-state index contributed by atoms with van der Waals surface area (Å²) in [6, 6.07) is 7.50. The topological polar surface area (TPSA) is 70.6 Å². The minimum Gasteiger partial charge on any atom is -0.326 e. The number of nitrogens with one attached hydrogen (secondary N) is 2. The van der Waals surface area contributed by atoms with Crippen molar-refractivity contribution in [1.29, 1.82) is 0 Å². The summed E-state index contributed by atoms with van der Waals surface area (Å²) in [4.78, 5) is 23.8. The summed E-state index contributed by atoms with van der Waals surface area (Å²) in [6.07, 6.45) is 8.48. The van der Waals surface area contributed by atoms with Gasteiger partial charge in [-0.25, -0.2) is 5.43 Å². The van der Waals surface area contributed by atoms with Crippen LogP contribution in [0.2, 0.25) is 0 Å². The van der Waals surface area contributed by atoms with Crippen LogP contribution in [0.3, 0.4) is 0 Å². The lowest BCUT2D eigenvalue weighted by Crippen LogP contribution is -2.47. The molecular weight excluding hydrogens is 338 g/mol. The maximum Gasteiger partial charge on any atom is 0.240 e. The second-order valence-corrected chi connectivity index (χ2v) is 9.09. The molecule has 5 rings (SSSR count). The molecule has 1 aromatic carbocycles. The molecule has 0 radical (unpaired) electrons. The van der Waals surface area contributed by atoms with Crippen molar-refractivity contribution in [2.45, 2.75) is 58.8 Å². The molecular formula is C22H29N3O2. The molecule has 0 saturated heterocycles. The molecule has 4 aliphatic carbocycles. The van der Waals surface area contributed by atoms with Crippen molar-refractivity contribution < 1.29 is 9.59 Å². The normalized spacial score (nSPS) is 31.6. The van der Waals surface area contributed by atoms with Gasteiger partial charge in [-0.2, -0.15) is 5.10 Å². The maximum absolute atomic E-state index is 12.6. The third-order valence-electron chi connectivity index (χ3n) is 6.65. The van der Waals surface area contributed by atoms with Crippen molar-refractivity contribution >= 4 is 23.2 Å². The lowest BCUT2D eigenvalue weighted by Gasteiger charge is -2.56. The first kappa shape index (κ1) is 18.2. The quantitative estimate of drug-likeness (QED) is 0.608. The van der Waals surface area contributed by atoms with Gasteiger partial charge in [0.15, 0.2) is 0 Å². The van der Waals surface area contributed by atoms with Gasteiger partial charge in [0.1, 0.15) is 0 Å². The van der Waals surface area contributed by atoms with Crippen LogP contribution >= 0.6 is 0 Å². The molecule has 5 heteroatoms. The maximum atomic E-state index is 12.6. The van der Waals surface area contributed by atoms with E-state index >= 15 is 0 Å². The van der Waals surface area contributed by atoms with Gasteiger partial charge in [0.25, 0.3) is 0 Å². The highest BCUT2D eigenvalue weighted by atomic mass is 16.2.